The van der Waals surface area contributed by atoms with Crippen LogP contribution in [0.1, 0.15) is 28.6 Å². The van der Waals surface area contributed by atoms with E-state index in [2.05, 4.69) is 41.2 Å². The van der Waals surface area contributed by atoms with Crippen LogP contribution in [0, 0.1) is 13.8 Å². The number of H-pyrrole nitrogens is 1. The summed E-state index contributed by atoms with van der Waals surface area (Å²) >= 11 is 0. The van der Waals surface area contributed by atoms with Gasteiger partial charge in [0, 0.05) is 5.56 Å². The predicted molar refractivity (Wildman–Crippen MR) is 83.8 cm³/mol. The van der Waals surface area contributed by atoms with Crippen molar-refractivity contribution in [2.24, 2.45) is 5.73 Å². The van der Waals surface area contributed by atoms with Gasteiger partial charge < -0.3 is 5.73 Å². The lowest BCUT2D eigenvalue weighted by Crippen LogP contribution is -2.13. The molecule has 1 aromatic heterocycles. The summed E-state index contributed by atoms with van der Waals surface area (Å²) in [5.41, 5.74) is 10.7. The van der Waals surface area contributed by atoms with Crippen LogP contribution in [-0.2, 0) is 0 Å². The minimum absolute atomic E-state index is 0.295. The molecule has 1 heterocycles. The average molecular weight is 278 g/mol. The second-order valence-electron chi connectivity index (χ2n) is 5.30. The van der Waals surface area contributed by atoms with Crippen molar-refractivity contribution in [1.29, 1.82) is 0 Å². The summed E-state index contributed by atoms with van der Waals surface area (Å²) < 4.78 is 0. The minimum atomic E-state index is -0.295. The quantitative estimate of drug-likeness (QED) is 0.773. The summed E-state index contributed by atoms with van der Waals surface area (Å²) in [7, 11) is 0. The van der Waals surface area contributed by atoms with Gasteiger partial charge in [0.05, 0.1) is 6.04 Å². The van der Waals surface area contributed by atoms with Crippen molar-refractivity contribution >= 4 is 0 Å². The number of hydrogen-bond donors (Lipinski definition) is 2. The summed E-state index contributed by atoms with van der Waals surface area (Å²) in [6, 6.07) is 16.0. The summed E-state index contributed by atoms with van der Waals surface area (Å²) in [5.74, 6) is 1.35. The molecular weight excluding hydrogens is 260 g/mol. The van der Waals surface area contributed by atoms with E-state index in [0.29, 0.717) is 11.6 Å². The highest BCUT2D eigenvalue weighted by Crippen LogP contribution is 2.21. The normalized spacial score (nSPS) is 12.3. The first kappa shape index (κ1) is 13.5. The molecule has 21 heavy (non-hydrogen) atoms. The van der Waals surface area contributed by atoms with Crippen molar-refractivity contribution in [3.05, 3.63) is 71.0 Å². The van der Waals surface area contributed by atoms with Crippen molar-refractivity contribution in [2.75, 3.05) is 0 Å². The molecule has 4 nitrogen and oxygen atoms in total. The van der Waals surface area contributed by atoms with Crippen LogP contribution in [0.3, 0.4) is 0 Å². The van der Waals surface area contributed by atoms with Gasteiger partial charge in [0.25, 0.3) is 0 Å². The maximum absolute atomic E-state index is 6.25. The zero-order chi connectivity index (χ0) is 14.8. The molecule has 0 bridgehead atoms. The van der Waals surface area contributed by atoms with Crippen molar-refractivity contribution in [3.8, 4) is 11.4 Å². The molecule has 0 aliphatic carbocycles. The number of nitrogens with two attached hydrogens (primary N) is 1. The Hall–Kier alpha value is -2.46. The van der Waals surface area contributed by atoms with Crippen LogP contribution in [0.25, 0.3) is 11.4 Å². The Morgan fingerprint density at radius 2 is 1.76 bits per heavy atom. The zero-order valence-electron chi connectivity index (χ0n) is 12.2. The third-order valence-corrected chi connectivity index (χ3v) is 3.51. The molecule has 0 saturated heterocycles. The van der Waals surface area contributed by atoms with E-state index in [-0.39, 0.29) is 6.04 Å². The largest absolute Gasteiger partial charge is 0.318 e. The number of nitrogens with one attached hydrogen (secondary N) is 1. The number of rotatable bonds is 3. The van der Waals surface area contributed by atoms with Crippen molar-refractivity contribution < 1.29 is 0 Å². The fourth-order valence-electron chi connectivity index (χ4n) is 2.26. The number of aromatic nitrogens is 3. The lowest BCUT2D eigenvalue weighted by Gasteiger charge is -2.08. The van der Waals surface area contributed by atoms with Crippen LogP contribution in [0.15, 0.2) is 48.5 Å². The number of benzene rings is 2. The molecule has 1 atom stereocenters. The summed E-state index contributed by atoms with van der Waals surface area (Å²) in [5, 5.41) is 7.23. The molecule has 0 aliphatic rings. The van der Waals surface area contributed by atoms with Gasteiger partial charge >= 0.3 is 0 Å². The van der Waals surface area contributed by atoms with E-state index in [9.17, 15) is 0 Å². The Kier molecular flexibility index (Phi) is 3.54. The lowest BCUT2D eigenvalue weighted by molar-refractivity contribution is 0.787. The van der Waals surface area contributed by atoms with Crippen LogP contribution >= 0.6 is 0 Å². The first-order chi connectivity index (χ1) is 10.1. The maximum Gasteiger partial charge on any atom is 0.181 e. The van der Waals surface area contributed by atoms with E-state index in [1.165, 1.54) is 11.1 Å². The lowest BCUT2D eigenvalue weighted by atomic mass is 10.1. The molecule has 0 saturated carbocycles. The molecule has 0 unspecified atom stereocenters. The smallest absolute Gasteiger partial charge is 0.181 e. The molecule has 0 spiro atoms. The molecule has 0 aliphatic heterocycles. The van der Waals surface area contributed by atoms with Gasteiger partial charge in [-0.15, -0.1) is 0 Å². The summed E-state index contributed by atoms with van der Waals surface area (Å²) in [4.78, 5) is 4.53. The number of aromatic amines is 1. The molecule has 0 amide bonds. The monoisotopic (exact) mass is 278 g/mol. The van der Waals surface area contributed by atoms with E-state index in [1.807, 2.05) is 36.4 Å². The fraction of sp³-hybridized carbons (Fsp3) is 0.176. The van der Waals surface area contributed by atoms with Gasteiger partial charge in [0.15, 0.2) is 5.82 Å². The Labute approximate surface area is 124 Å². The van der Waals surface area contributed by atoms with Crippen LogP contribution in [-0.4, -0.2) is 15.2 Å². The minimum Gasteiger partial charge on any atom is -0.318 e. The van der Waals surface area contributed by atoms with Crippen molar-refractivity contribution in [1.82, 2.24) is 15.2 Å². The molecule has 3 aromatic rings. The summed E-state index contributed by atoms with van der Waals surface area (Å²) in [6.07, 6.45) is 0. The standard InChI is InChI=1S/C17H18N4/c1-11-6-8-13(9-7-11)15(18)17-19-16(20-21-17)14-5-3-4-12(2)10-14/h3-10,15H,18H2,1-2H3,(H,19,20,21)/t15-/m0/s1. The van der Waals surface area contributed by atoms with Gasteiger partial charge in [-0.05, 0) is 25.5 Å². The van der Waals surface area contributed by atoms with Gasteiger partial charge in [-0.25, -0.2) is 4.98 Å². The molecule has 4 heteroatoms. The van der Waals surface area contributed by atoms with Gasteiger partial charge in [-0.3, -0.25) is 5.10 Å². The maximum atomic E-state index is 6.25. The molecule has 0 radical (unpaired) electrons. The van der Waals surface area contributed by atoms with Crippen LogP contribution in [0.4, 0.5) is 0 Å². The van der Waals surface area contributed by atoms with E-state index < -0.39 is 0 Å². The highest BCUT2D eigenvalue weighted by molar-refractivity contribution is 5.55. The molecule has 3 N–H and O–H groups in total. The van der Waals surface area contributed by atoms with E-state index >= 15 is 0 Å². The molecule has 0 fully saturated rings. The predicted octanol–water partition coefficient (Wildman–Crippen LogP) is 3.14. The second-order valence-corrected chi connectivity index (χ2v) is 5.30. The SMILES string of the molecule is Cc1ccc([C@H](N)c2nc(-c3cccc(C)c3)n[nH]2)cc1. The Morgan fingerprint density at radius 3 is 2.48 bits per heavy atom. The van der Waals surface area contributed by atoms with Gasteiger partial charge in [-0.1, -0.05) is 53.6 Å². The summed E-state index contributed by atoms with van der Waals surface area (Å²) in [6.45, 7) is 4.11. The zero-order valence-corrected chi connectivity index (χ0v) is 12.2. The number of nitrogens with zero attached hydrogens (tertiary/aromatic N) is 2. The topological polar surface area (TPSA) is 67.6 Å². The fourth-order valence-corrected chi connectivity index (χ4v) is 2.26. The number of aryl methyl sites for hydroxylation is 2. The van der Waals surface area contributed by atoms with Crippen molar-refractivity contribution in [3.63, 3.8) is 0 Å². The van der Waals surface area contributed by atoms with E-state index in [0.717, 1.165) is 11.1 Å². The van der Waals surface area contributed by atoms with Crippen LogP contribution in [0.2, 0.25) is 0 Å². The van der Waals surface area contributed by atoms with Gasteiger partial charge in [-0.2, -0.15) is 5.10 Å². The third-order valence-electron chi connectivity index (χ3n) is 3.51. The Bertz CT molecular complexity index is 743. The van der Waals surface area contributed by atoms with Crippen LogP contribution < -0.4 is 5.73 Å². The highest BCUT2D eigenvalue weighted by Gasteiger charge is 2.14. The Morgan fingerprint density at radius 1 is 1.00 bits per heavy atom. The van der Waals surface area contributed by atoms with Gasteiger partial charge in [0.1, 0.15) is 5.82 Å². The second kappa shape index (κ2) is 5.50. The molecular formula is C17H18N4. The molecule has 3 rings (SSSR count). The van der Waals surface area contributed by atoms with Crippen LogP contribution in [0.5, 0.6) is 0 Å². The van der Waals surface area contributed by atoms with Crippen molar-refractivity contribution in [2.45, 2.75) is 19.9 Å². The third kappa shape index (κ3) is 2.85. The van der Waals surface area contributed by atoms with E-state index in [4.69, 9.17) is 5.73 Å². The average Bonchev–Trinajstić information content (AvgIpc) is 2.97. The molecule has 106 valence electrons. The highest BCUT2D eigenvalue weighted by atomic mass is 15.2. The first-order valence-corrected chi connectivity index (χ1v) is 6.95. The first-order valence-electron chi connectivity index (χ1n) is 6.95. The molecule has 2 aromatic carbocycles. The number of hydrogen-bond acceptors (Lipinski definition) is 3. The van der Waals surface area contributed by atoms with Gasteiger partial charge in [0.2, 0.25) is 0 Å². The Balaban J connectivity index is 1.89. The van der Waals surface area contributed by atoms with E-state index in [1.54, 1.807) is 0 Å².